The molecule has 4 nitrogen and oxygen atoms in total. The number of hydrogen-bond acceptors (Lipinski definition) is 2. The Bertz CT molecular complexity index is 242. The number of rotatable bonds is 4. The van der Waals surface area contributed by atoms with Gasteiger partial charge < -0.3 is 11.1 Å². The van der Waals surface area contributed by atoms with Gasteiger partial charge in [0, 0.05) is 13.1 Å². The summed E-state index contributed by atoms with van der Waals surface area (Å²) in [6.45, 7) is 1.76. The van der Waals surface area contributed by atoms with E-state index in [4.69, 9.17) is 11.1 Å². The molecule has 0 aromatic heterocycles. The zero-order valence-corrected chi connectivity index (χ0v) is 8.17. The summed E-state index contributed by atoms with van der Waals surface area (Å²) in [7, 11) is 0. The van der Waals surface area contributed by atoms with Crippen LogP contribution in [-0.4, -0.2) is 30.9 Å². The highest BCUT2D eigenvalue weighted by molar-refractivity contribution is 5.99. The van der Waals surface area contributed by atoms with Crippen LogP contribution in [0.3, 0.4) is 0 Å². The Morgan fingerprint density at radius 2 is 2.21 bits per heavy atom. The minimum absolute atomic E-state index is 0.143. The Balaban J connectivity index is 4.57. The van der Waals surface area contributed by atoms with Gasteiger partial charge in [-0.25, -0.2) is 13.8 Å². The fourth-order valence-corrected chi connectivity index (χ4v) is 0.673. The van der Waals surface area contributed by atoms with Gasteiger partial charge in [0.25, 0.3) is 5.92 Å². The lowest BCUT2D eigenvalue weighted by atomic mass is 10.2. The predicted molar refractivity (Wildman–Crippen MR) is 53.6 cm³/mol. The number of amidine groups is 1. The van der Waals surface area contributed by atoms with E-state index in [1.165, 1.54) is 0 Å². The van der Waals surface area contributed by atoms with Crippen LogP contribution in [0.1, 0.15) is 13.8 Å². The lowest BCUT2D eigenvalue weighted by Crippen LogP contribution is -2.19. The smallest absolute Gasteiger partial charge is 0.264 e. The molecule has 3 N–H and O–H groups in total. The van der Waals surface area contributed by atoms with Crippen LogP contribution in [0.2, 0.25) is 0 Å². The van der Waals surface area contributed by atoms with Crippen molar-refractivity contribution >= 4 is 18.4 Å². The normalized spacial score (nSPS) is 15.9. The predicted octanol–water partition coefficient (Wildman–Crippen LogP) is 1.31. The quantitative estimate of drug-likeness (QED) is 0.526. The van der Waals surface area contributed by atoms with E-state index < -0.39 is 18.4 Å². The third kappa shape index (κ3) is 5.34. The number of hydrogen-bond donors (Lipinski definition) is 2. The van der Waals surface area contributed by atoms with Crippen molar-refractivity contribution in [1.82, 2.24) is 0 Å². The summed E-state index contributed by atoms with van der Waals surface area (Å²) >= 11 is 0. The van der Waals surface area contributed by atoms with Gasteiger partial charge in [-0.1, -0.05) is 6.92 Å². The highest BCUT2D eigenvalue weighted by Crippen LogP contribution is 2.12. The van der Waals surface area contributed by atoms with E-state index in [9.17, 15) is 8.78 Å². The molecule has 0 bridgehead atoms. The second kappa shape index (κ2) is 5.41. The van der Waals surface area contributed by atoms with E-state index in [0.29, 0.717) is 0 Å². The molecule has 1 atom stereocenters. The molecule has 0 aliphatic heterocycles. The van der Waals surface area contributed by atoms with Gasteiger partial charge in [-0.15, -0.1) is 0 Å². The second-order valence-corrected chi connectivity index (χ2v) is 2.98. The molecule has 0 aromatic rings. The van der Waals surface area contributed by atoms with Crippen molar-refractivity contribution in [2.45, 2.75) is 19.8 Å². The molecule has 0 aliphatic carbocycles. The molecule has 0 fully saturated rings. The van der Waals surface area contributed by atoms with Gasteiger partial charge in [0.05, 0.1) is 12.3 Å². The van der Waals surface area contributed by atoms with Gasteiger partial charge in [0.1, 0.15) is 12.4 Å². The van der Waals surface area contributed by atoms with Crippen LogP contribution < -0.4 is 5.73 Å². The summed E-state index contributed by atoms with van der Waals surface area (Å²) in [4.78, 5) is 7.21. The van der Waals surface area contributed by atoms with Crippen LogP contribution in [-0.2, 0) is 0 Å². The minimum atomic E-state index is -2.86. The Hall–Kier alpha value is -1.33. The first-order chi connectivity index (χ1) is 6.40. The summed E-state index contributed by atoms with van der Waals surface area (Å²) in [6, 6.07) is 0. The number of aliphatic imine (C=N–C) groups is 2. The van der Waals surface area contributed by atoms with Crippen molar-refractivity contribution in [3.05, 3.63) is 0 Å². The lowest BCUT2D eigenvalue weighted by Gasteiger charge is -2.08. The van der Waals surface area contributed by atoms with Crippen LogP contribution in [0.5, 0.6) is 0 Å². The van der Waals surface area contributed by atoms with E-state index in [0.717, 1.165) is 19.5 Å². The van der Waals surface area contributed by atoms with E-state index >= 15 is 0 Å². The van der Waals surface area contributed by atoms with E-state index in [2.05, 4.69) is 9.98 Å². The van der Waals surface area contributed by atoms with E-state index in [1.807, 2.05) is 0 Å². The number of nitrogens with zero attached hydrogens (tertiary/aromatic N) is 2. The van der Waals surface area contributed by atoms with Crippen LogP contribution in [0, 0.1) is 11.3 Å². The number of nitrogens with one attached hydrogen (secondary N) is 1. The maximum Gasteiger partial charge on any atom is 0.264 e. The summed E-state index contributed by atoms with van der Waals surface area (Å²) in [5, 5.41) is 6.94. The van der Waals surface area contributed by atoms with Crippen LogP contribution in [0.15, 0.2) is 9.98 Å². The summed E-state index contributed by atoms with van der Waals surface area (Å²) < 4.78 is 24.9. The minimum Gasteiger partial charge on any atom is -0.390 e. The summed E-state index contributed by atoms with van der Waals surface area (Å²) in [6.07, 6.45) is 2.05. The van der Waals surface area contributed by atoms with Crippen molar-refractivity contribution in [2.24, 2.45) is 21.6 Å². The molecule has 0 spiro atoms. The first-order valence-electron chi connectivity index (χ1n) is 4.07. The molecule has 6 heteroatoms. The molecule has 0 rings (SSSR count). The van der Waals surface area contributed by atoms with Crippen molar-refractivity contribution in [3.8, 4) is 0 Å². The molecule has 80 valence electrons. The lowest BCUT2D eigenvalue weighted by molar-refractivity contribution is 0.0326. The Kier molecular flexibility index (Phi) is 4.90. The number of halogens is 2. The number of alkyl halides is 2. The molecule has 1 unspecified atom stereocenters. The molecular formula is C8H14F2N4. The third-order valence-electron chi connectivity index (χ3n) is 1.38. The maximum absolute atomic E-state index is 12.4. The number of nitrogens with two attached hydrogens (primary N) is 1. The second-order valence-electron chi connectivity index (χ2n) is 2.98. The largest absolute Gasteiger partial charge is 0.390 e. The molecular weight excluding hydrogens is 190 g/mol. The summed E-state index contributed by atoms with van der Waals surface area (Å²) in [5.41, 5.74) is 5.03. The van der Waals surface area contributed by atoms with Gasteiger partial charge >= 0.3 is 0 Å². The molecule has 0 aliphatic rings. The van der Waals surface area contributed by atoms with Crippen molar-refractivity contribution < 1.29 is 8.78 Å². The molecule has 0 radical (unpaired) electrons. The van der Waals surface area contributed by atoms with Crippen LogP contribution in [0.4, 0.5) is 8.78 Å². The van der Waals surface area contributed by atoms with Crippen LogP contribution in [0.25, 0.3) is 0 Å². The maximum atomic E-state index is 12.4. The molecule has 0 saturated carbocycles. The van der Waals surface area contributed by atoms with E-state index in [1.54, 1.807) is 6.92 Å². The zero-order chi connectivity index (χ0) is 11.2. The van der Waals surface area contributed by atoms with Gasteiger partial charge in [0.2, 0.25) is 0 Å². The fraction of sp³-hybridized carbons (Fsp3) is 0.625. The van der Waals surface area contributed by atoms with Crippen molar-refractivity contribution in [3.63, 3.8) is 0 Å². The van der Waals surface area contributed by atoms with Gasteiger partial charge in [-0.3, -0.25) is 4.99 Å². The Labute approximate surface area is 81.4 Å². The molecule has 0 heterocycles. The molecule has 0 amide bonds. The summed E-state index contributed by atoms with van der Waals surface area (Å²) in [5.74, 6) is -3.13. The van der Waals surface area contributed by atoms with Crippen molar-refractivity contribution in [1.29, 1.82) is 5.41 Å². The molecule has 0 aromatic carbocycles. The fourth-order valence-electron chi connectivity index (χ4n) is 0.673. The monoisotopic (exact) mass is 204 g/mol. The average molecular weight is 204 g/mol. The van der Waals surface area contributed by atoms with Crippen molar-refractivity contribution in [2.75, 3.05) is 6.54 Å². The van der Waals surface area contributed by atoms with Gasteiger partial charge in [-0.05, 0) is 0 Å². The highest BCUT2D eigenvalue weighted by atomic mass is 19.3. The van der Waals surface area contributed by atoms with Gasteiger partial charge in [-0.2, -0.15) is 0 Å². The SMILES string of the molecule is CC(C=N)C(N=CN)=NCC(C)(F)F. The zero-order valence-electron chi connectivity index (χ0n) is 8.17. The average Bonchev–Trinajstić information content (AvgIpc) is 2.09. The molecule has 14 heavy (non-hydrogen) atoms. The molecule has 0 saturated heterocycles. The van der Waals surface area contributed by atoms with Crippen LogP contribution >= 0.6 is 0 Å². The standard InChI is InChI=1S/C8H14F2N4/c1-6(3-11)7(14-5-12)13-4-8(2,9)10/h3,5-6,11H,4H2,1-2H3,(H2,12,13,14). The topological polar surface area (TPSA) is 74.6 Å². The first kappa shape index (κ1) is 12.7. The first-order valence-corrected chi connectivity index (χ1v) is 4.07. The third-order valence-corrected chi connectivity index (χ3v) is 1.38. The Morgan fingerprint density at radius 3 is 2.57 bits per heavy atom. The van der Waals surface area contributed by atoms with Gasteiger partial charge in [0.15, 0.2) is 0 Å². The van der Waals surface area contributed by atoms with E-state index in [-0.39, 0.29) is 5.84 Å². The highest BCUT2D eigenvalue weighted by Gasteiger charge is 2.20. The Morgan fingerprint density at radius 1 is 1.64 bits per heavy atom.